The second kappa shape index (κ2) is 9.86. The largest absolute Gasteiger partial charge is 0.465 e. The number of aryl methyl sites for hydroxylation is 2. The Morgan fingerprint density at radius 2 is 1.60 bits per heavy atom. The molecule has 0 saturated heterocycles. The number of hydrogen-bond acceptors (Lipinski definition) is 3. The highest BCUT2D eigenvalue weighted by atomic mass is 16.5. The minimum absolute atomic E-state index is 0.0239. The Labute approximate surface area is 255 Å². The molecule has 2 heterocycles. The van der Waals surface area contributed by atoms with Crippen LogP contribution in [0.5, 0.6) is 0 Å². The molecule has 2 unspecified atom stereocenters. The summed E-state index contributed by atoms with van der Waals surface area (Å²) >= 11 is 0. The summed E-state index contributed by atoms with van der Waals surface area (Å²) in [6.45, 7) is 14.8. The highest BCUT2D eigenvalue weighted by molar-refractivity contribution is 6.01. The van der Waals surface area contributed by atoms with E-state index in [0.29, 0.717) is 5.76 Å². The van der Waals surface area contributed by atoms with Crippen LogP contribution in [0.3, 0.4) is 0 Å². The van der Waals surface area contributed by atoms with Crippen LogP contribution in [0.2, 0.25) is 0 Å². The first-order valence-electron chi connectivity index (χ1n) is 15.3. The number of anilines is 1. The van der Waals surface area contributed by atoms with Gasteiger partial charge < -0.3 is 14.7 Å². The molecule has 43 heavy (non-hydrogen) atoms. The summed E-state index contributed by atoms with van der Waals surface area (Å²) in [7, 11) is 0. The van der Waals surface area contributed by atoms with Crippen LogP contribution in [-0.2, 0) is 10.2 Å². The minimum Gasteiger partial charge on any atom is -0.465 e. The second-order valence-electron chi connectivity index (χ2n) is 12.9. The molecular formula is C40H39NO2. The lowest BCUT2D eigenvalue weighted by Crippen LogP contribution is -2.26. The fourth-order valence-electron chi connectivity index (χ4n) is 7.67. The number of fused-ring (bicyclic) bond motifs is 8. The molecule has 0 bridgehead atoms. The van der Waals surface area contributed by atoms with Gasteiger partial charge in [0.05, 0.1) is 29.3 Å². The van der Waals surface area contributed by atoms with Crippen molar-refractivity contribution in [1.29, 1.82) is 0 Å². The van der Waals surface area contributed by atoms with E-state index in [4.69, 9.17) is 4.74 Å². The summed E-state index contributed by atoms with van der Waals surface area (Å²) in [5, 5.41) is 10.0. The SMILES string of the molecule is C/C(=C/C(C)O)O/C(C)=C1\c2c(C)cc(C)cc2C2C=C(c3ccccc3)c3cc4c(cc3N12)C(C)(C)c1ccccc1-4. The van der Waals surface area contributed by atoms with Crippen LogP contribution < -0.4 is 4.90 Å². The topological polar surface area (TPSA) is 32.7 Å². The molecule has 1 N–H and O–H groups in total. The number of benzene rings is 4. The Hall–Kier alpha value is -4.34. The average Bonchev–Trinajstić information content (AvgIpc) is 3.41. The highest BCUT2D eigenvalue weighted by Crippen LogP contribution is 2.58. The van der Waals surface area contributed by atoms with Crippen LogP contribution in [0.25, 0.3) is 22.4 Å². The number of hydrogen-bond donors (Lipinski definition) is 1. The van der Waals surface area contributed by atoms with E-state index in [-0.39, 0.29) is 11.5 Å². The minimum atomic E-state index is -0.579. The van der Waals surface area contributed by atoms with E-state index in [9.17, 15) is 5.11 Å². The second-order valence-corrected chi connectivity index (χ2v) is 12.9. The van der Waals surface area contributed by atoms with Gasteiger partial charge in [0.2, 0.25) is 0 Å². The van der Waals surface area contributed by atoms with Crippen molar-refractivity contribution in [2.75, 3.05) is 4.90 Å². The van der Waals surface area contributed by atoms with E-state index >= 15 is 0 Å². The molecule has 0 spiro atoms. The van der Waals surface area contributed by atoms with Crippen molar-refractivity contribution < 1.29 is 9.84 Å². The van der Waals surface area contributed by atoms with Crippen molar-refractivity contribution in [2.45, 2.75) is 66.0 Å². The molecule has 4 aromatic carbocycles. The van der Waals surface area contributed by atoms with Gasteiger partial charge in [0, 0.05) is 16.5 Å². The summed E-state index contributed by atoms with van der Waals surface area (Å²) in [5.41, 5.74) is 16.3. The molecular weight excluding hydrogens is 526 g/mol. The number of aliphatic hydroxyl groups is 1. The Morgan fingerprint density at radius 1 is 0.884 bits per heavy atom. The van der Waals surface area contributed by atoms with Crippen LogP contribution in [0, 0.1) is 13.8 Å². The van der Waals surface area contributed by atoms with Gasteiger partial charge in [0.15, 0.2) is 0 Å². The number of ether oxygens (including phenoxy) is 1. The molecule has 0 aromatic heterocycles. The lowest BCUT2D eigenvalue weighted by Gasteiger charge is -2.36. The van der Waals surface area contributed by atoms with E-state index in [2.05, 4.69) is 124 Å². The van der Waals surface area contributed by atoms with E-state index < -0.39 is 6.10 Å². The maximum absolute atomic E-state index is 10.0. The third-order valence-corrected chi connectivity index (χ3v) is 9.37. The van der Waals surface area contributed by atoms with Crippen molar-refractivity contribution in [3.05, 3.63) is 147 Å². The zero-order valence-corrected chi connectivity index (χ0v) is 26.1. The molecule has 0 radical (unpaired) electrons. The van der Waals surface area contributed by atoms with Gasteiger partial charge in [-0.25, -0.2) is 0 Å². The van der Waals surface area contributed by atoms with Gasteiger partial charge in [0.1, 0.15) is 5.76 Å². The zero-order chi connectivity index (χ0) is 30.2. The van der Waals surface area contributed by atoms with Crippen molar-refractivity contribution in [1.82, 2.24) is 0 Å². The number of rotatable bonds is 4. The fraction of sp³-hybridized carbons (Fsp3) is 0.250. The predicted molar refractivity (Wildman–Crippen MR) is 178 cm³/mol. The Kier molecular flexibility index (Phi) is 6.30. The maximum atomic E-state index is 10.0. The van der Waals surface area contributed by atoms with Gasteiger partial charge in [0.25, 0.3) is 0 Å². The standard InChI is InChI=1S/C40H39NO2/c1-23-17-24(2)38-33(18-23)36-21-30(28-13-9-8-10-14-28)32-20-31-29-15-11-12-16-34(29)40(6,7)35(31)22-37(32)41(36)39(38)27(5)43-26(4)19-25(3)42/h8-22,25,36,42H,1-7H3/b26-19-,39-27+. The highest BCUT2D eigenvalue weighted by Gasteiger charge is 2.43. The Balaban J connectivity index is 1.54. The number of aliphatic hydroxyl groups excluding tert-OH is 1. The van der Waals surface area contributed by atoms with Gasteiger partial charge in [-0.2, -0.15) is 0 Å². The van der Waals surface area contributed by atoms with Crippen LogP contribution in [0.1, 0.15) is 85.2 Å². The van der Waals surface area contributed by atoms with E-state index in [1.807, 2.05) is 6.92 Å². The molecule has 0 fully saturated rings. The van der Waals surface area contributed by atoms with Gasteiger partial charge >= 0.3 is 0 Å². The summed E-state index contributed by atoms with van der Waals surface area (Å²) in [4.78, 5) is 2.50. The van der Waals surface area contributed by atoms with Gasteiger partial charge in [-0.05, 0) is 103 Å². The first-order chi connectivity index (χ1) is 20.6. The zero-order valence-electron chi connectivity index (χ0n) is 26.1. The predicted octanol–water partition coefficient (Wildman–Crippen LogP) is 9.61. The third kappa shape index (κ3) is 4.21. The normalized spacial score (nSPS) is 19.5. The molecule has 3 aliphatic rings. The Morgan fingerprint density at radius 3 is 2.35 bits per heavy atom. The molecule has 0 amide bonds. The number of allylic oxidation sites excluding steroid dienone is 2. The molecule has 1 aliphatic carbocycles. The summed E-state index contributed by atoms with van der Waals surface area (Å²) in [5.74, 6) is 1.52. The quantitative estimate of drug-likeness (QED) is 0.250. The monoisotopic (exact) mass is 565 g/mol. The fourth-order valence-corrected chi connectivity index (χ4v) is 7.67. The molecule has 3 nitrogen and oxygen atoms in total. The van der Waals surface area contributed by atoms with Gasteiger partial charge in [-0.1, -0.05) is 86.1 Å². The molecule has 7 rings (SSSR count). The third-order valence-electron chi connectivity index (χ3n) is 9.37. The van der Waals surface area contributed by atoms with Crippen molar-refractivity contribution in [3.63, 3.8) is 0 Å². The Bertz CT molecular complexity index is 1890. The molecule has 4 aromatic rings. The van der Waals surface area contributed by atoms with Gasteiger partial charge in [-0.15, -0.1) is 0 Å². The van der Waals surface area contributed by atoms with Crippen LogP contribution in [0.15, 0.2) is 103 Å². The van der Waals surface area contributed by atoms with Crippen LogP contribution >= 0.6 is 0 Å². The van der Waals surface area contributed by atoms with Crippen molar-refractivity contribution in [3.8, 4) is 11.1 Å². The molecule has 2 aliphatic heterocycles. The van der Waals surface area contributed by atoms with E-state index in [1.54, 1.807) is 13.0 Å². The van der Waals surface area contributed by atoms with Crippen molar-refractivity contribution >= 4 is 17.0 Å². The maximum Gasteiger partial charge on any atom is 0.125 e. The van der Waals surface area contributed by atoms with E-state index in [1.165, 1.54) is 66.9 Å². The van der Waals surface area contributed by atoms with Crippen LogP contribution in [-0.4, -0.2) is 11.2 Å². The summed E-state index contributed by atoms with van der Waals surface area (Å²) in [6.07, 6.45) is 3.63. The first kappa shape index (κ1) is 27.5. The molecule has 3 heteroatoms. The molecule has 2 atom stereocenters. The first-order valence-corrected chi connectivity index (χ1v) is 15.3. The summed E-state index contributed by atoms with van der Waals surface area (Å²) in [6, 6.07) is 29.2. The number of nitrogens with zero attached hydrogens (tertiary/aromatic N) is 1. The molecule has 216 valence electrons. The average molecular weight is 566 g/mol. The smallest absolute Gasteiger partial charge is 0.125 e. The lowest BCUT2D eigenvalue weighted by atomic mass is 9.80. The summed E-state index contributed by atoms with van der Waals surface area (Å²) < 4.78 is 6.47. The van der Waals surface area contributed by atoms with E-state index in [0.717, 1.165) is 11.5 Å². The lowest BCUT2D eigenvalue weighted by molar-refractivity contribution is 0.231. The van der Waals surface area contributed by atoms with Gasteiger partial charge in [-0.3, -0.25) is 0 Å². The van der Waals surface area contributed by atoms with Crippen molar-refractivity contribution in [2.24, 2.45) is 0 Å². The van der Waals surface area contributed by atoms with Crippen LogP contribution in [0.4, 0.5) is 5.69 Å². The molecule has 0 saturated carbocycles.